The second-order valence-electron chi connectivity index (χ2n) is 5.83. The molecule has 2 rings (SSSR count). The van der Waals surface area contributed by atoms with Crippen molar-refractivity contribution in [1.82, 2.24) is 10.2 Å². The molecule has 2 N–H and O–H groups in total. The molecule has 5 nitrogen and oxygen atoms in total. The topological polar surface area (TPSA) is 53.9 Å². The van der Waals surface area contributed by atoms with Crippen LogP contribution in [0.2, 0.25) is 5.02 Å². The van der Waals surface area contributed by atoms with Gasteiger partial charge in [-0.25, -0.2) is 0 Å². The molecule has 0 spiro atoms. The summed E-state index contributed by atoms with van der Waals surface area (Å²) in [4.78, 5) is 27.1. The molecule has 0 bridgehead atoms. The quantitative estimate of drug-likeness (QED) is 0.751. The van der Waals surface area contributed by atoms with Crippen molar-refractivity contribution in [3.05, 3.63) is 34.9 Å². The Morgan fingerprint density at radius 2 is 2.17 bits per heavy atom. The van der Waals surface area contributed by atoms with E-state index in [0.717, 1.165) is 12.1 Å². The monoisotopic (exact) mass is 356 g/mol. The Morgan fingerprint density at radius 1 is 1.43 bits per heavy atom. The van der Waals surface area contributed by atoms with Crippen LogP contribution in [0.1, 0.15) is 17.4 Å². The van der Waals surface area contributed by atoms with Gasteiger partial charge in [0.1, 0.15) is 5.37 Å². The second-order valence-corrected chi connectivity index (χ2v) is 7.30. The van der Waals surface area contributed by atoms with Crippen molar-refractivity contribution >= 4 is 35.2 Å². The zero-order valence-electron chi connectivity index (χ0n) is 13.5. The van der Waals surface area contributed by atoms with Gasteiger partial charge in [0.15, 0.2) is 0 Å². The van der Waals surface area contributed by atoms with E-state index in [0.29, 0.717) is 30.3 Å². The highest BCUT2D eigenvalue weighted by atomic mass is 35.5. The summed E-state index contributed by atoms with van der Waals surface area (Å²) in [7, 11) is 4.08. The predicted octanol–water partition coefficient (Wildman–Crippen LogP) is 0.565. The highest BCUT2D eigenvalue weighted by molar-refractivity contribution is 8.00. The summed E-state index contributed by atoms with van der Waals surface area (Å²) in [5, 5.41) is 3.44. The molecule has 1 aromatic rings. The summed E-state index contributed by atoms with van der Waals surface area (Å²) in [5.74, 6) is 0.473. The zero-order valence-corrected chi connectivity index (χ0v) is 15.0. The van der Waals surface area contributed by atoms with Crippen LogP contribution in [0.15, 0.2) is 24.3 Å². The van der Waals surface area contributed by atoms with Gasteiger partial charge in [-0.15, -0.1) is 11.8 Å². The molecule has 0 radical (unpaired) electrons. The lowest BCUT2D eigenvalue weighted by Gasteiger charge is -2.24. The lowest BCUT2D eigenvalue weighted by molar-refractivity contribution is -0.856. The number of quaternary nitrogens is 1. The Bertz CT molecular complexity index is 568. The lowest BCUT2D eigenvalue weighted by atomic mass is 10.2. The lowest BCUT2D eigenvalue weighted by Crippen LogP contribution is -3.06. The van der Waals surface area contributed by atoms with Gasteiger partial charge in [-0.05, 0) is 6.07 Å². The van der Waals surface area contributed by atoms with Crippen LogP contribution in [0.3, 0.4) is 0 Å². The summed E-state index contributed by atoms with van der Waals surface area (Å²) in [6.07, 6.45) is 0.315. The molecule has 1 aliphatic heterocycles. The standard InChI is InChI=1S/C16H22ClN3O2S/c1-19(2)10-8-18-14(21)7-9-20-15(22)11-23-16(20)12-5-3-4-6-13(12)17/h3-6,16H,7-11H2,1-2H3,(H,18,21)/p+1/t16-/m0/s1. The molecular formula is C16H23ClN3O2S+. The number of carbonyl (C=O) groups is 2. The molecule has 2 amide bonds. The molecule has 0 aliphatic carbocycles. The molecule has 1 saturated heterocycles. The van der Waals surface area contributed by atoms with Gasteiger partial charge in [0, 0.05) is 23.6 Å². The first kappa shape index (κ1) is 18.1. The molecule has 126 valence electrons. The Balaban J connectivity index is 1.91. The third-order valence-electron chi connectivity index (χ3n) is 3.67. The van der Waals surface area contributed by atoms with E-state index in [9.17, 15) is 9.59 Å². The maximum Gasteiger partial charge on any atom is 0.233 e. The first-order valence-corrected chi connectivity index (χ1v) is 9.13. The van der Waals surface area contributed by atoms with Gasteiger partial charge < -0.3 is 15.1 Å². The van der Waals surface area contributed by atoms with E-state index in [1.54, 1.807) is 16.7 Å². The van der Waals surface area contributed by atoms with Crippen LogP contribution in [-0.4, -0.2) is 56.2 Å². The Morgan fingerprint density at radius 3 is 2.87 bits per heavy atom. The van der Waals surface area contributed by atoms with Crippen LogP contribution < -0.4 is 10.2 Å². The summed E-state index contributed by atoms with van der Waals surface area (Å²) in [6, 6.07) is 7.55. The number of thioether (sulfide) groups is 1. The smallest absolute Gasteiger partial charge is 0.233 e. The maximum atomic E-state index is 12.1. The summed E-state index contributed by atoms with van der Waals surface area (Å²) in [5.41, 5.74) is 0.932. The van der Waals surface area contributed by atoms with Gasteiger partial charge in [-0.3, -0.25) is 9.59 Å². The van der Waals surface area contributed by atoms with Crippen molar-refractivity contribution < 1.29 is 14.5 Å². The van der Waals surface area contributed by atoms with E-state index >= 15 is 0 Å². The van der Waals surface area contributed by atoms with Crippen molar-refractivity contribution in [3.8, 4) is 0 Å². The molecule has 1 aliphatic rings. The minimum absolute atomic E-state index is 0.0196. The van der Waals surface area contributed by atoms with E-state index in [-0.39, 0.29) is 17.2 Å². The third-order valence-corrected chi connectivity index (χ3v) is 5.25. The van der Waals surface area contributed by atoms with Crippen molar-refractivity contribution in [2.24, 2.45) is 0 Å². The largest absolute Gasteiger partial charge is 0.350 e. The Labute approximate surface area is 146 Å². The van der Waals surface area contributed by atoms with Crippen LogP contribution in [0.25, 0.3) is 0 Å². The summed E-state index contributed by atoms with van der Waals surface area (Å²) >= 11 is 7.80. The van der Waals surface area contributed by atoms with Gasteiger partial charge in [0.05, 0.1) is 32.9 Å². The highest BCUT2D eigenvalue weighted by Gasteiger charge is 2.33. The van der Waals surface area contributed by atoms with Crippen molar-refractivity contribution in [3.63, 3.8) is 0 Å². The number of hydrogen-bond donors (Lipinski definition) is 2. The number of likely N-dealkylation sites (N-methyl/N-ethyl adjacent to an activating group) is 1. The number of nitrogens with zero attached hydrogens (tertiary/aromatic N) is 1. The first-order valence-electron chi connectivity index (χ1n) is 7.70. The number of amides is 2. The number of benzene rings is 1. The van der Waals surface area contributed by atoms with E-state index in [2.05, 4.69) is 5.32 Å². The molecule has 23 heavy (non-hydrogen) atoms. The predicted molar refractivity (Wildman–Crippen MR) is 93.7 cm³/mol. The third kappa shape index (κ3) is 5.12. The van der Waals surface area contributed by atoms with Gasteiger partial charge in [-0.2, -0.15) is 0 Å². The second kappa shape index (κ2) is 8.57. The number of hydrogen-bond acceptors (Lipinski definition) is 3. The fourth-order valence-electron chi connectivity index (χ4n) is 2.39. The molecular weight excluding hydrogens is 334 g/mol. The number of carbonyl (C=O) groups excluding carboxylic acids is 2. The summed E-state index contributed by atoms with van der Waals surface area (Å²) in [6.45, 7) is 1.95. The molecule has 1 aromatic carbocycles. The van der Waals surface area contributed by atoms with Gasteiger partial charge in [0.25, 0.3) is 0 Å². The van der Waals surface area contributed by atoms with E-state index in [1.807, 2.05) is 38.4 Å². The fraction of sp³-hybridized carbons (Fsp3) is 0.500. The first-order chi connectivity index (χ1) is 11.0. The van der Waals surface area contributed by atoms with Crippen LogP contribution >= 0.6 is 23.4 Å². The molecule has 1 fully saturated rings. The molecule has 1 heterocycles. The van der Waals surface area contributed by atoms with Crippen molar-refractivity contribution in [2.45, 2.75) is 11.8 Å². The molecule has 0 aromatic heterocycles. The maximum absolute atomic E-state index is 12.1. The van der Waals surface area contributed by atoms with E-state index in [4.69, 9.17) is 11.6 Å². The minimum atomic E-state index is -0.102. The van der Waals surface area contributed by atoms with Crippen LogP contribution in [0.5, 0.6) is 0 Å². The van der Waals surface area contributed by atoms with Crippen LogP contribution in [-0.2, 0) is 9.59 Å². The average molecular weight is 357 g/mol. The number of rotatable bonds is 7. The van der Waals surface area contributed by atoms with E-state index in [1.165, 1.54) is 4.90 Å². The van der Waals surface area contributed by atoms with Crippen molar-refractivity contribution in [1.29, 1.82) is 0 Å². The van der Waals surface area contributed by atoms with Crippen molar-refractivity contribution in [2.75, 3.05) is 39.5 Å². The van der Waals surface area contributed by atoms with Crippen LogP contribution in [0.4, 0.5) is 0 Å². The Hall–Kier alpha value is -1.24. The average Bonchev–Trinajstić information content (AvgIpc) is 2.86. The number of nitrogens with one attached hydrogen (secondary N) is 2. The highest BCUT2D eigenvalue weighted by Crippen LogP contribution is 2.41. The zero-order chi connectivity index (χ0) is 16.8. The molecule has 7 heteroatoms. The van der Waals surface area contributed by atoms with E-state index < -0.39 is 0 Å². The van der Waals surface area contributed by atoms with Crippen LogP contribution in [0, 0.1) is 0 Å². The van der Waals surface area contributed by atoms with Gasteiger partial charge in [0.2, 0.25) is 11.8 Å². The molecule has 0 unspecified atom stereocenters. The minimum Gasteiger partial charge on any atom is -0.350 e. The Kier molecular flexibility index (Phi) is 6.74. The summed E-state index contributed by atoms with van der Waals surface area (Å²) < 4.78 is 0. The fourth-order valence-corrected chi connectivity index (χ4v) is 3.95. The SMILES string of the molecule is C[NH+](C)CCNC(=O)CCN1C(=O)CS[C@H]1c1ccccc1Cl. The van der Waals surface area contributed by atoms with Gasteiger partial charge in [-0.1, -0.05) is 29.8 Å². The van der Waals surface area contributed by atoms with Gasteiger partial charge >= 0.3 is 0 Å². The number of halogens is 1. The molecule has 0 saturated carbocycles. The molecule has 1 atom stereocenters. The normalized spacial score (nSPS) is 17.8.